The molecule has 1 aromatic carbocycles. The van der Waals surface area contributed by atoms with Crippen molar-refractivity contribution in [1.82, 2.24) is 0 Å². The summed E-state index contributed by atoms with van der Waals surface area (Å²) in [5, 5.41) is 26.0. The number of phenols is 3. The van der Waals surface area contributed by atoms with Crippen molar-refractivity contribution in [2.45, 2.75) is 0 Å². The van der Waals surface area contributed by atoms with E-state index < -0.39 is 0 Å². The topological polar surface area (TPSA) is 60.7 Å². The van der Waals surface area contributed by atoms with Gasteiger partial charge in [-0.05, 0) is 0 Å². The Morgan fingerprint density at radius 1 is 0.583 bits per heavy atom. The van der Waals surface area contributed by atoms with Crippen LogP contribution in [0, 0.1) is 0 Å². The van der Waals surface area contributed by atoms with E-state index in [4.69, 9.17) is 15.3 Å². The molecule has 0 saturated carbocycles. The zero-order chi connectivity index (χ0) is 6.85. The summed E-state index contributed by atoms with van der Waals surface area (Å²) in [6.07, 6.45) is 0. The maximum absolute atomic E-state index is 8.67. The summed E-state index contributed by atoms with van der Waals surface area (Å²) >= 11 is 0. The minimum absolute atomic E-state index is 0. The van der Waals surface area contributed by atoms with E-state index >= 15 is 0 Å². The van der Waals surface area contributed by atoms with Gasteiger partial charge in [-0.2, -0.15) is 0 Å². The molecule has 12 heavy (non-hydrogen) atoms. The fourth-order valence-corrected chi connectivity index (χ4v) is 0.580. The zero-order valence-corrected chi connectivity index (χ0v) is 4.57. The molecule has 0 aliphatic carbocycles. The molecule has 0 saturated heterocycles. The van der Waals surface area contributed by atoms with Gasteiger partial charge in [-0.1, -0.05) is 0 Å². The van der Waals surface area contributed by atoms with Crippen molar-refractivity contribution < 1.29 is 15.3 Å². The van der Waals surface area contributed by atoms with Crippen LogP contribution in [0.2, 0.25) is 0 Å². The third kappa shape index (κ3) is 8.81. The number of aromatic hydroxyl groups is 3. The van der Waals surface area contributed by atoms with E-state index in [2.05, 4.69) is 0 Å². The van der Waals surface area contributed by atoms with Gasteiger partial charge in [-0.25, -0.2) is 0 Å². The molecule has 0 amide bonds. The second kappa shape index (κ2) is 11.0. The maximum atomic E-state index is 8.67. The molecule has 3 nitrogen and oxygen atoms in total. The molecule has 3 N–H and O–H groups in total. The predicted molar refractivity (Wildman–Crippen MR) is 52.9 cm³/mol. The van der Waals surface area contributed by atoms with Crippen LogP contribution in [0.3, 0.4) is 0 Å². The summed E-state index contributed by atoms with van der Waals surface area (Å²) in [5.41, 5.74) is 0. The van der Waals surface area contributed by atoms with Crippen LogP contribution in [0.5, 0.6) is 17.2 Å². The zero-order valence-electron chi connectivity index (χ0n) is 4.57. The van der Waals surface area contributed by atoms with Crippen molar-refractivity contribution in [3.8, 4) is 17.2 Å². The summed E-state index contributed by atoms with van der Waals surface area (Å²) in [4.78, 5) is 0. The summed E-state index contributed by atoms with van der Waals surface area (Å²) in [7, 11) is 0. The van der Waals surface area contributed by atoms with Crippen molar-refractivity contribution in [3.63, 3.8) is 0 Å². The van der Waals surface area contributed by atoms with Gasteiger partial charge in [0.05, 0.1) is 0 Å². The first-order valence-corrected chi connectivity index (χ1v) is 2.40. The predicted octanol–water partition coefficient (Wildman–Crippen LogP) is -1.14. The normalized spacial score (nSPS) is 7.00. The molecule has 0 aliphatic heterocycles. The summed E-state index contributed by atoms with van der Waals surface area (Å²) in [5.74, 6) is -0.437. The van der Waals surface area contributed by atoms with E-state index in [9.17, 15) is 0 Å². The quantitative estimate of drug-likeness (QED) is 0.507. The van der Waals surface area contributed by atoms with Crippen molar-refractivity contribution in [1.29, 1.82) is 0 Å². The number of hydrogen-bond donors (Lipinski definition) is 3. The van der Waals surface area contributed by atoms with Gasteiger partial charge in [-0.3, -0.25) is 0 Å². The van der Waals surface area contributed by atoms with Crippen LogP contribution in [0.15, 0.2) is 18.2 Å². The molecule has 0 spiro atoms. The van der Waals surface area contributed by atoms with E-state index in [1.54, 1.807) is 0 Å². The van der Waals surface area contributed by atoms with Crippen LogP contribution in [-0.2, 0) is 0 Å². The minimum atomic E-state index is -0.146. The Balaban J connectivity index is -0.000000270. The second-order valence-electron chi connectivity index (χ2n) is 1.71. The first-order chi connectivity index (χ1) is 4.18. The standard InChI is InChI=1S/C6H6O3.3K.3H/c7-4-1-5(8)3-6(9)2-4;;;;;;/h1-3,7-9H;;;;;;. The Morgan fingerprint density at radius 2 is 0.750 bits per heavy atom. The first kappa shape index (κ1) is 20.9. The average molecular weight is 246 g/mol. The molecule has 0 unspecified atom stereocenters. The van der Waals surface area contributed by atoms with Crippen molar-refractivity contribution in [2.24, 2.45) is 0 Å². The average Bonchev–Trinajstić information content (AvgIpc) is 1.59. The molecule has 0 atom stereocenters. The molecule has 0 heterocycles. The van der Waals surface area contributed by atoms with Crippen LogP contribution < -0.4 is 0 Å². The van der Waals surface area contributed by atoms with Crippen LogP contribution >= 0.6 is 0 Å². The molecular formula is C6H9K3O3. The van der Waals surface area contributed by atoms with E-state index in [1.165, 1.54) is 0 Å². The first-order valence-electron chi connectivity index (χ1n) is 2.40. The van der Waals surface area contributed by atoms with Gasteiger partial charge in [0, 0.05) is 18.2 Å². The third-order valence-corrected chi connectivity index (χ3v) is 0.887. The van der Waals surface area contributed by atoms with E-state index in [0.29, 0.717) is 0 Å². The molecule has 54 valence electrons. The van der Waals surface area contributed by atoms with Crippen molar-refractivity contribution >= 4 is 154 Å². The third-order valence-electron chi connectivity index (χ3n) is 0.887. The van der Waals surface area contributed by atoms with Gasteiger partial charge >= 0.3 is 154 Å². The van der Waals surface area contributed by atoms with Crippen molar-refractivity contribution in [2.75, 3.05) is 0 Å². The van der Waals surface area contributed by atoms with Gasteiger partial charge in [0.25, 0.3) is 0 Å². The van der Waals surface area contributed by atoms with Gasteiger partial charge in [0.1, 0.15) is 17.2 Å². The van der Waals surface area contributed by atoms with Crippen LogP contribution in [0.1, 0.15) is 0 Å². The number of benzene rings is 1. The Kier molecular flexibility index (Phi) is 19.2. The monoisotopic (exact) mass is 246 g/mol. The molecule has 1 aromatic rings. The molecule has 0 bridgehead atoms. The van der Waals surface area contributed by atoms with Crippen LogP contribution in [0.4, 0.5) is 0 Å². The molecule has 0 aromatic heterocycles. The Morgan fingerprint density at radius 3 is 0.917 bits per heavy atom. The molecule has 1 rings (SSSR count). The summed E-state index contributed by atoms with van der Waals surface area (Å²) in [6, 6.07) is 3.42. The Labute approximate surface area is 199 Å². The number of hydrogen-bond acceptors (Lipinski definition) is 3. The SMILES string of the molecule is Oc1cc(O)cc(O)c1.[KH].[KH].[KH]. The fourth-order valence-electron chi connectivity index (χ4n) is 0.580. The summed E-state index contributed by atoms with van der Waals surface area (Å²) in [6.45, 7) is 0. The van der Waals surface area contributed by atoms with Gasteiger partial charge in [0.15, 0.2) is 0 Å². The van der Waals surface area contributed by atoms with E-state index in [-0.39, 0.29) is 171 Å². The Hall–Kier alpha value is 3.53. The molecular weight excluding hydrogens is 237 g/mol. The van der Waals surface area contributed by atoms with Gasteiger partial charge < -0.3 is 15.3 Å². The Bertz CT molecular complexity index is 179. The summed E-state index contributed by atoms with van der Waals surface area (Å²) < 4.78 is 0. The van der Waals surface area contributed by atoms with Crippen LogP contribution in [0.25, 0.3) is 0 Å². The van der Waals surface area contributed by atoms with Gasteiger partial charge in [-0.15, -0.1) is 0 Å². The van der Waals surface area contributed by atoms with E-state index in [0.717, 1.165) is 18.2 Å². The number of phenolic OH excluding ortho intramolecular Hbond substituents is 3. The number of rotatable bonds is 0. The van der Waals surface area contributed by atoms with Gasteiger partial charge in [0.2, 0.25) is 0 Å². The van der Waals surface area contributed by atoms with Crippen molar-refractivity contribution in [3.05, 3.63) is 18.2 Å². The van der Waals surface area contributed by atoms with Crippen LogP contribution in [-0.4, -0.2) is 169 Å². The van der Waals surface area contributed by atoms with E-state index in [1.807, 2.05) is 0 Å². The molecule has 6 heteroatoms. The second-order valence-corrected chi connectivity index (χ2v) is 1.71. The fraction of sp³-hybridized carbons (Fsp3) is 0. The molecule has 0 fully saturated rings. The molecule has 0 aliphatic rings. The molecule has 0 radical (unpaired) electrons.